The lowest BCUT2D eigenvalue weighted by molar-refractivity contribution is -0.117. The summed E-state index contributed by atoms with van der Waals surface area (Å²) in [5.41, 5.74) is 0.694. The average molecular weight is 320 g/mol. The van der Waals surface area contributed by atoms with Gasteiger partial charge >= 0.3 is 0 Å². The number of alkyl halides is 1. The van der Waals surface area contributed by atoms with E-state index >= 15 is 0 Å². The van der Waals surface area contributed by atoms with Crippen LogP contribution in [0.2, 0.25) is 0 Å². The van der Waals surface area contributed by atoms with Crippen molar-refractivity contribution in [2.45, 2.75) is 6.42 Å². The molecule has 1 saturated heterocycles. The molecular weight excluding hydrogens is 307 g/mol. The Morgan fingerprint density at radius 3 is 3.06 bits per heavy atom. The molecule has 1 aromatic heterocycles. The Bertz CT molecular complexity index is 441. The predicted molar refractivity (Wildman–Crippen MR) is 69.7 cm³/mol. The summed E-state index contributed by atoms with van der Waals surface area (Å²) in [5, 5.41) is 0. The van der Waals surface area contributed by atoms with Crippen molar-refractivity contribution in [1.29, 1.82) is 0 Å². The van der Waals surface area contributed by atoms with E-state index in [0.29, 0.717) is 30.4 Å². The number of pyridine rings is 1. The van der Waals surface area contributed by atoms with Crippen LogP contribution in [-0.2, 0) is 4.79 Å². The zero-order valence-electron chi connectivity index (χ0n) is 9.32. The lowest BCUT2D eigenvalue weighted by Gasteiger charge is -2.18. The van der Waals surface area contributed by atoms with Gasteiger partial charge in [0.1, 0.15) is 5.69 Å². The number of anilines is 1. The van der Waals surface area contributed by atoms with Crippen molar-refractivity contribution in [3.63, 3.8) is 0 Å². The van der Waals surface area contributed by atoms with Gasteiger partial charge in [-0.15, -0.1) is 11.6 Å². The van der Waals surface area contributed by atoms with E-state index < -0.39 is 0 Å². The summed E-state index contributed by atoms with van der Waals surface area (Å²) in [7, 11) is 1.54. The van der Waals surface area contributed by atoms with E-state index in [9.17, 15) is 4.79 Å². The van der Waals surface area contributed by atoms with Crippen molar-refractivity contribution in [3.8, 4) is 5.88 Å². The van der Waals surface area contributed by atoms with Crippen LogP contribution in [0.15, 0.2) is 16.7 Å². The van der Waals surface area contributed by atoms with Crippen molar-refractivity contribution in [2.75, 3.05) is 24.4 Å². The van der Waals surface area contributed by atoms with E-state index in [2.05, 4.69) is 20.9 Å². The molecule has 17 heavy (non-hydrogen) atoms. The SMILES string of the molecule is COc1ncc(Br)cc1N1CC(CCl)CC1=O. The molecule has 0 aliphatic carbocycles. The number of rotatable bonds is 3. The first-order valence-corrected chi connectivity index (χ1v) is 6.54. The van der Waals surface area contributed by atoms with Crippen molar-refractivity contribution in [1.82, 2.24) is 4.98 Å². The van der Waals surface area contributed by atoms with Gasteiger partial charge in [0.05, 0.1) is 7.11 Å². The molecule has 1 aliphatic heterocycles. The first kappa shape index (κ1) is 12.6. The summed E-state index contributed by atoms with van der Waals surface area (Å²) in [4.78, 5) is 17.7. The lowest BCUT2D eigenvalue weighted by atomic mass is 10.1. The third-order valence-electron chi connectivity index (χ3n) is 2.71. The fourth-order valence-corrected chi connectivity index (χ4v) is 2.41. The summed E-state index contributed by atoms with van der Waals surface area (Å²) in [6, 6.07) is 1.83. The normalized spacial score (nSPS) is 19.8. The number of nitrogens with zero attached hydrogens (tertiary/aromatic N) is 2. The number of hydrogen-bond donors (Lipinski definition) is 0. The van der Waals surface area contributed by atoms with E-state index in [-0.39, 0.29) is 11.8 Å². The summed E-state index contributed by atoms with van der Waals surface area (Å²) < 4.78 is 5.99. The first-order chi connectivity index (χ1) is 8.15. The van der Waals surface area contributed by atoms with Crippen LogP contribution in [0.5, 0.6) is 5.88 Å². The van der Waals surface area contributed by atoms with Gasteiger partial charge in [-0.05, 0) is 27.9 Å². The van der Waals surface area contributed by atoms with Crippen molar-refractivity contribution in [2.24, 2.45) is 5.92 Å². The Kier molecular flexibility index (Phi) is 3.89. The molecule has 2 heterocycles. The van der Waals surface area contributed by atoms with Gasteiger partial charge in [0.25, 0.3) is 0 Å². The predicted octanol–water partition coefficient (Wildman–Crippen LogP) is 2.44. The molecule has 0 saturated carbocycles. The van der Waals surface area contributed by atoms with Crippen molar-refractivity contribution < 1.29 is 9.53 Å². The molecule has 1 amide bonds. The van der Waals surface area contributed by atoms with Gasteiger partial charge in [-0.3, -0.25) is 4.79 Å². The smallest absolute Gasteiger partial charge is 0.237 e. The van der Waals surface area contributed by atoms with E-state index in [4.69, 9.17) is 16.3 Å². The molecule has 1 aromatic rings. The number of carbonyl (C=O) groups is 1. The van der Waals surface area contributed by atoms with Gasteiger partial charge in [-0.25, -0.2) is 4.98 Å². The van der Waals surface area contributed by atoms with Crippen molar-refractivity contribution >= 4 is 39.1 Å². The number of halogens is 2. The average Bonchev–Trinajstić information content (AvgIpc) is 2.70. The molecular formula is C11H12BrClN2O2. The van der Waals surface area contributed by atoms with Gasteiger partial charge in [0.2, 0.25) is 11.8 Å². The van der Waals surface area contributed by atoms with Crippen LogP contribution >= 0.6 is 27.5 Å². The van der Waals surface area contributed by atoms with Crippen LogP contribution < -0.4 is 9.64 Å². The summed E-state index contributed by atoms with van der Waals surface area (Å²) in [6.07, 6.45) is 2.13. The standard InChI is InChI=1S/C11H12BrClN2O2/c1-17-11-9(3-8(12)5-14-11)15-6-7(4-13)2-10(15)16/h3,5,7H,2,4,6H2,1H3. The third-order valence-corrected chi connectivity index (χ3v) is 3.58. The number of hydrogen-bond acceptors (Lipinski definition) is 3. The number of amides is 1. The molecule has 1 atom stereocenters. The van der Waals surface area contributed by atoms with Gasteiger partial charge in [-0.1, -0.05) is 0 Å². The molecule has 1 unspecified atom stereocenters. The fourth-order valence-electron chi connectivity index (χ4n) is 1.88. The number of methoxy groups -OCH3 is 1. The molecule has 4 nitrogen and oxygen atoms in total. The number of carbonyl (C=O) groups excluding carboxylic acids is 1. The lowest BCUT2D eigenvalue weighted by Crippen LogP contribution is -2.25. The van der Waals surface area contributed by atoms with Crippen LogP contribution in [0, 0.1) is 5.92 Å². The minimum Gasteiger partial charge on any atom is -0.480 e. The van der Waals surface area contributed by atoms with Crippen LogP contribution in [-0.4, -0.2) is 30.4 Å². The minimum absolute atomic E-state index is 0.0638. The molecule has 6 heteroatoms. The quantitative estimate of drug-likeness (QED) is 0.804. The van der Waals surface area contributed by atoms with Gasteiger partial charge in [0, 0.05) is 29.5 Å². The minimum atomic E-state index is 0.0638. The maximum Gasteiger partial charge on any atom is 0.237 e. The topological polar surface area (TPSA) is 42.4 Å². The molecule has 1 aliphatic rings. The van der Waals surface area contributed by atoms with Crippen LogP contribution in [0.1, 0.15) is 6.42 Å². The highest BCUT2D eigenvalue weighted by Crippen LogP contribution is 2.33. The molecule has 2 rings (SSSR count). The largest absolute Gasteiger partial charge is 0.480 e. The maximum atomic E-state index is 11.9. The molecule has 92 valence electrons. The molecule has 0 aromatic carbocycles. The van der Waals surface area contributed by atoms with Crippen LogP contribution in [0.3, 0.4) is 0 Å². The Morgan fingerprint density at radius 2 is 2.47 bits per heavy atom. The molecule has 0 bridgehead atoms. The van der Waals surface area contributed by atoms with E-state index in [1.54, 1.807) is 18.2 Å². The van der Waals surface area contributed by atoms with E-state index in [1.807, 2.05) is 6.07 Å². The molecule has 1 fully saturated rings. The Balaban J connectivity index is 2.33. The highest BCUT2D eigenvalue weighted by atomic mass is 79.9. The van der Waals surface area contributed by atoms with E-state index in [1.165, 1.54) is 0 Å². The van der Waals surface area contributed by atoms with Gasteiger partial charge < -0.3 is 9.64 Å². The van der Waals surface area contributed by atoms with Crippen molar-refractivity contribution in [3.05, 3.63) is 16.7 Å². The monoisotopic (exact) mass is 318 g/mol. The fraction of sp³-hybridized carbons (Fsp3) is 0.455. The zero-order chi connectivity index (χ0) is 12.4. The van der Waals surface area contributed by atoms with Gasteiger partial charge in [-0.2, -0.15) is 0 Å². The summed E-state index contributed by atoms with van der Waals surface area (Å²) >= 11 is 9.14. The first-order valence-electron chi connectivity index (χ1n) is 5.21. The Morgan fingerprint density at radius 1 is 1.71 bits per heavy atom. The van der Waals surface area contributed by atoms with Crippen LogP contribution in [0.4, 0.5) is 5.69 Å². The van der Waals surface area contributed by atoms with E-state index in [0.717, 1.165) is 4.47 Å². The number of aromatic nitrogens is 1. The summed E-state index contributed by atoms with van der Waals surface area (Å²) in [5.74, 6) is 1.21. The molecule has 0 radical (unpaired) electrons. The highest BCUT2D eigenvalue weighted by Gasteiger charge is 2.32. The highest BCUT2D eigenvalue weighted by molar-refractivity contribution is 9.10. The zero-order valence-corrected chi connectivity index (χ0v) is 11.7. The second-order valence-corrected chi connectivity index (χ2v) is 5.14. The third kappa shape index (κ3) is 2.55. The van der Waals surface area contributed by atoms with Gasteiger partial charge in [0.15, 0.2) is 0 Å². The maximum absolute atomic E-state index is 11.9. The summed E-state index contributed by atoms with van der Waals surface area (Å²) in [6.45, 7) is 0.622. The van der Waals surface area contributed by atoms with Crippen LogP contribution in [0.25, 0.3) is 0 Å². The number of ether oxygens (including phenoxy) is 1. The Labute approximate surface area is 113 Å². The Hall–Kier alpha value is -0.810. The second kappa shape index (κ2) is 5.23. The second-order valence-electron chi connectivity index (χ2n) is 3.91. The molecule has 0 N–H and O–H groups in total. The molecule has 0 spiro atoms.